The molecule has 0 bridgehead atoms. The molecule has 0 radical (unpaired) electrons. The summed E-state index contributed by atoms with van der Waals surface area (Å²) in [5.74, 6) is 0.219. The highest BCUT2D eigenvalue weighted by molar-refractivity contribution is 5.88. The molecule has 0 spiro atoms. The van der Waals surface area contributed by atoms with E-state index in [0.717, 1.165) is 11.1 Å². The van der Waals surface area contributed by atoms with Gasteiger partial charge in [0, 0.05) is 12.6 Å². The van der Waals surface area contributed by atoms with E-state index in [9.17, 15) is 9.59 Å². The second-order valence-corrected chi connectivity index (χ2v) is 6.95. The molecule has 2 aromatic carbocycles. The first-order valence-corrected chi connectivity index (χ1v) is 9.20. The Bertz CT molecular complexity index is 742. The quantitative estimate of drug-likeness (QED) is 0.778. The number of para-hydroxylation sites is 1. The van der Waals surface area contributed by atoms with E-state index in [1.807, 2.05) is 63.2 Å². The van der Waals surface area contributed by atoms with Crippen molar-refractivity contribution in [2.24, 2.45) is 0 Å². The first kappa shape index (κ1) is 20.5. The molecular weight excluding hydrogens is 340 g/mol. The lowest BCUT2D eigenvalue weighted by Gasteiger charge is -2.29. The van der Waals surface area contributed by atoms with Crippen LogP contribution in [0, 0.1) is 6.92 Å². The molecule has 0 fully saturated rings. The molecule has 27 heavy (non-hydrogen) atoms. The lowest BCUT2D eigenvalue weighted by atomic mass is 10.1. The van der Waals surface area contributed by atoms with E-state index in [1.165, 1.54) is 0 Å². The Morgan fingerprint density at radius 2 is 1.63 bits per heavy atom. The molecule has 0 unspecified atom stereocenters. The summed E-state index contributed by atoms with van der Waals surface area (Å²) < 4.78 is 5.59. The monoisotopic (exact) mass is 368 g/mol. The lowest BCUT2D eigenvalue weighted by Crippen LogP contribution is -2.50. The second-order valence-electron chi connectivity index (χ2n) is 6.95. The second kappa shape index (κ2) is 9.76. The van der Waals surface area contributed by atoms with Gasteiger partial charge < -0.3 is 15.0 Å². The van der Waals surface area contributed by atoms with Gasteiger partial charge in [0.25, 0.3) is 5.91 Å². The van der Waals surface area contributed by atoms with E-state index in [1.54, 1.807) is 24.0 Å². The van der Waals surface area contributed by atoms with Crippen LogP contribution < -0.4 is 10.1 Å². The number of rotatable bonds is 8. The molecule has 0 aliphatic carbocycles. The van der Waals surface area contributed by atoms with Crippen LogP contribution in [0.1, 0.15) is 31.9 Å². The predicted octanol–water partition coefficient (Wildman–Crippen LogP) is 3.32. The molecule has 0 aliphatic rings. The summed E-state index contributed by atoms with van der Waals surface area (Å²) in [5, 5.41) is 2.87. The average Bonchev–Trinajstić information content (AvgIpc) is 2.65. The topological polar surface area (TPSA) is 58.6 Å². The van der Waals surface area contributed by atoms with E-state index in [2.05, 4.69) is 5.32 Å². The molecule has 0 saturated carbocycles. The number of hydrogen-bond donors (Lipinski definition) is 1. The Morgan fingerprint density at radius 3 is 2.22 bits per heavy atom. The summed E-state index contributed by atoms with van der Waals surface area (Å²) in [6.07, 6.45) is 0. The van der Waals surface area contributed by atoms with Gasteiger partial charge in [0.15, 0.2) is 6.61 Å². The van der Waals surface area contributed by atoms with Gasteiger partial charge in [0.1, 0.15) is 11.8 Å². The Hall–Kier alpha value is -2.82. The number of carbonyl (C=O) groups is 2. The van der Waals surface area contributed by atoms with Crippen molar-refractivity contribution in [1.82, 2.24) is 10.2 Å². The van der Waals surface area contributed by atoms with Crippen molar-refractivity contribution in [3.8, 4) is 5.75 Å². The number of nitrogens with zero attached hydrogens (tertiary/aromatic N) is 1. The van der Waals surface area contributed by atoms with Crippen molar-refractivity contribution >= 4 is 11.8 Å². The van der Waals surface area contributed by atoms with Crippen LogP contribution in [0.25, 0.3) is 0 Å². The van der Waals surface area contributed by atoms with Gasteiger partial charge in [0.2, 0.25) is 5.91 Å². The van der Waals surface area contributed by atoms with Crippen LogP contribution >= 0.6 is 0 Å². The lowest BCUT2D eigenvalue weighted by molar-refractivity contribution is -0.142. The van der Waals surface area contributed by atoms with E-state index in [0.29, 0.717) is 12.3 Å². The van der Waals surface area contributed by atoms with Gasteiger partial charge in [-0.15, -0.1) is 0 Å². The number of ether oxygens (including phenoxy) is 1. The van der Waals surface area contributed by atoms with Crippen molar-refractivity contribution < 1.29 is 14.3 Å². The molecule has 2 amide bonds. The van der Waals surface area contributed by atoms with Crippen molar-refractivity contribution in [2.75, 3.05) is 6.61 Å². The molecule has 0 aliphatic heterocycles. The largest absolute Gasteiger partial charge is 0.484 e. The third kappa shape index (κ3) is 6.44. The Labute approximate surface area is 161 Å². The van der Waals surface area contributed by atoms with Crippen LogP contribution in [-0.4, -0.2) is 35.4 Å². The van der Waals surface area contributed by atoms with Crippen LogP contribution in [-0.2, 0) is 16.1 Å². The minimum absolute atomic E-state index is 0.0110. The van der Waals surface area contributed by atoms with Gasteiger partial charge in [0.05, 0.1) is 0 Å². The maximum Gasteiger partial charge on any atom is 0.261 e. The Balaban J connectivity index is 2.12. The third-order valence-corrected chi connectivity index (χ3v) is 4.18. The molecule has 0 heterocycles. The van der Waals surface area contributed by atoms with Gasteiger partial charge in [-0.3, -0.25) is 9.59 Å². The van der Waals surface area contributed by atoms with Crippen LogP contribution in [0.15, 0.2) is 54.6 Å². The van der Waals surface area contributed by atoms with Gasteiger partial charge in [-0.1, -0.05) is 48.0 Å². The molecule has 144 valence electrons. The van der Waals surface area contributed by atoms with Crippen LogP contribution in [0.2, 0.25) is 0 Å². The fourth-order valence-electron chi connectivity index (χ4n) is 2.62. The number of amides is 2. The highest BCUT2D eigenvalue weighted by atomic mass is 16.5. The number of aryl methyl sites for hydroxylation is 1. The normalized spacial score (nSPS) is 11.7. The van der Waals surface area contributed by atoms with E-state index in [-0.39, 0.29) is 24.5 Å². The summed E-state index contributed by atoms with van der Waals surface area (Å²) in [6, 6.07) is 16.5. The SMILES string of the molecule is Cc1ccc(CN(C(=O)COc2ccccc2)[C@@H](C)C(=O)NC(C)C)cc1. The molecule has 1 atom stereocenters. The maximum absolute atomic E-state index is 12.8. The molecule has 2 rings (SSSR count). The Kier molecular flexibility index (Phi) is 7.41. The average molecular weight is 368 g/mol. The fraction of sp³-hybridized carbons (Fsp3) is 0.364. The number of carbonyl (C=O) groups excluding carboxylic acids is 2. The summed E-state index contributed by atoms with van der Waals surface area (Å²) in [4.78, 5) is 26.9. The van der Waals surface area contributed by atoms with Gasteiger partial charge in [-0.05, 0) is 45.4 Å². The number of benzene rings is 2. The molecule has 5 heteroatoms. The molecular formula is C22H28N2O3. The first-order chi connectivity index (χ1) is 12.9. The highest BCUT2D eigenvalue weighted by Crippen LogP contribution is 2.13. The number of hydrogen-bond acceptors (Lipinski definition) is 3. The predicted molar refractivity (Wildman–Crippen MR) is 106 cm³/mol. The molecule has 0 aromatic heterocycles. The minimum Gasteiger partial charge on any atom is -0.484 e. The van der Waals surface area contributed by atoms with Gasteiger partial charge in [-0.2, -0.15) is 0 Å². The highest BCUT2D eigenvalue weighted by Gasteiger charge is 2.26. The molecule has 2 aromatic rings. The molecule has 1 N–H and O–H groups in total. The van der Waals surface area contributed by atoms with Crippen LogP contribution in [0.5, 0.6) is 5.75 Å². The van der Waals surface area contributed by atoms with Gasteiger partial charge >= 0.3 is 0 Å². The maximum atomic E-state index is 12.8. The van der Waals surface area contributed by atoms with Crippen molar-refractivity contribution in [2.45, 2.75) is 46.3 Å². The molecule has 0 saturated heterocycles. The van der Waals surface area contributed by atoms with Crippen molar-refractivity contribution in [3.05, 3.63) is 65.7 Å². The summed E-state index contributed by atoms with van der Waals surface area (Å²) >= 11 is 0. The van der Waals surface area contributed by atoms with E-state index >= 15 is 0 Å². The summed E-state index contributed by atoms with van der Waals surface area (Å²) in [6.45, 7) is 7.79. The zero-order valence-electron chi connectivity index (χ0n) is 16.4. The minimum atomic E-state index is -0.597. The first-order valence-electron chi connectivity index (χ1n) is 9.20. The zero-order chi connectivity index (χ0) is 19.8. The standard InChI is InChI=1S/C22H28N2O3/c1-16(2)23-22(26)18(4)24(14-19-12-10-17(3)11-13-19)21(25)15-27-20-8-6-5-7-9-20/h5-13,16,18H,14-15H2,1-4H3,(H,23,26)/t18-/m0/s1. The van der Waals surface area contributed by atoms with Crippen LogP contribution in [0.4, 0.5) is 0 Å². The van der Waals surface area contributed by atoms with Crippen LogP contribution in [0.3, 0.4) is 0 Å². The van der Waals surface area contributed by atoms with Crippen molar-refractivity contribution in [1.29, 1.82) is 0 Å². The van der Waals surface area contributed by atoms with E-state index in [4.69, 9.17) is 4.74 Å². The third-order valence-electron chi connectivity index (χ3n) is 4.18. The smallest absolute Gasteiger partial charge is 0.261 e. The van der Waals surface area contributed by atoms with Gasteiger partial charge in [-0.25, -0.2) is 0 Å². The van der Waals surface area contributed by atoms with Crippen molar-refractivity contribution in [3.63, 3.8) is 0 Å². The Morgan fingerprint density at radius 1 is 1.00 bits per heavy atom. The summed E-state index contributed by atoms with van der Waals surface area (Å²) in [5.41, 5.74) is 2.12. The van der Waals surface area contributed by atoms with E-state index < -0.39 is 6.04 Å². The fourth-order valence-corrected chi connectivity index (χ4v) is 2.62. The zero-order valence-corrected chi connectivity index (χ0v) is 16.4. The number of nitrogens with one attached hydrogen (secondary N) is 1. The summed E-state index contributed by atoms with van der Waals surface area (Å²) in [7, 11) is 0. The molecule has 5 nitrogen and oxygen atoms in total.